The van der Waals surface area contributed by atoms with E-state index in [0.717, 1.165) is 38.1 Å². The summed E-state index contributed by atoms with van der Waals surface area (Å²) >= 11 is 0. The first kappa shape index (κ1) is 16.5. The maximum atomic E-state index is 13.0. The normalized spacial score (nSPS) is 20.1. The molecule has 1 aromatic carbocycles. The lowest BCUT2D eigenvalue weighted by Crippen LogP contribution is -2.33. The fraction of sp³-hybridized carbons (Fsp3) is 0.571. The number of likely N-dealkylation sites (tertiary alicyclic amines) is 1. The molecular formula is C14H18F3N3O2. The predicted octanol–water partition coefficient (Wildman–Crippen LogP) is 3.43. The van der Waals surface area contributed by atoms with Gasteiger partial charge < -0.3 is 5.73 Å². The zero-order valence-electron chi connectivity index (χ0n) is 12.2. The molecule has 22 heavy (non-hydrogen) atoms. The van der Waals surface area contributed by atoms with Crippen molar-refractivity contribution in [2.75, 3.05) is 18.8 Å². The lowest BCUT2D eigenvalue weighted by Gasteiger charge is -2.31. The van der Waals surface area contributed by atoms with Gasteiger partial charge in [0, 0.05) is 19.2 Å². The summed E-state index contributed by atoms with van der Waals surface area (Å²) in [6, 6.07) is 2.06. The van der Waals surface area contributed by atoms with Crippen LogP contribution in [0.5, 0.6) is 0 Å². The van der Waals surface area contributed by atoms with Crippen LogP contribution in [0.3, 0.4) is 0 Å². The third-order valence-corrected chi connectivity index (χ3v) is 3.87. The Kier molecular flexibility index (Phi) is 4.60. The van der Waals surface area contributed by atoms with E-state index in [1.165, 1.54) is 0 Å². The Morgan fingerprint density at radius 1 is 1.45 bits per heavy atom. The molecule has 0 amide bonds. The number of anilines is 1. The van der Waals surface area contributed by atoms with Crippen molar-refractivity contribution in [1.82, 2.24) is 4.90 Å². The Balaban J connectivity index is 2.35. The van der Waals surface area contributed by atoms with Crippen LogP contribution in [0, 0.1) is 16.0 Å². The van der Waals surface area contributed by atoms with Gasteiger partial charge in [-0.2, -0.15) is 13.2 Å². The third kappa shape index (κ3) is 3.68. The van der Waals surface area contributed by atoms with E-state index in [4.69, 9.17) is 5.73 Å². The van der Waals surface area contributed by atoms with Gasteiger partial charge in [0.15, 0.2) is 0 Å². The highest BCUT2D eigenvalue weighted by Crippen LogP contribution is 2.39. The molecule has 0 spiro atoms. The molecule has 1 saturated heterocycles. The fourth-order valence-corrected chi connectivity index (χ4v) is 2.86. The highest BCUT2D eigenvalue weighted by molar-refractivity contribution is 5.65. The van der Waals surface area contributed by atoms with E-state index in [9.17, 15) is 23.3 Å². The van der Waals surface area contributed by atoms with Gasteiger partial charge in [-0.15, -0.1) is 0 Å². The van der Waals surface area contributed by atoms with Gasteiger partial charge in [-0.25, -0.2) is 0 Å². The summed E-state index contributed by atoms with van der Waals surface area (Å²) in [6.45, 7) is 3.90. The Bertz CT molecular complexity index is 575. The number of rotatable bonds is 3. The molecule has 0 bridgehead atoms. The molecule has 0 aromatic heterocycles. The number of nitrogen functional groups attached to an aromatic ring is 1. The molecule has 1 atom stereocenters. The van der Waals surface area contributed by atoms with E-state index < -0.39 is 28.0 Å². The SMILES string of the molecule is C[C@H]1CCCN(Cc2cc([N+](=O)[O-])c(N)c(C(F)(F)F)c2)C1. The molecule has 1 aromatic rings. The molecule has 1 heterocycles. The number of alkyl halides is 3. The fourth-order valence-electron chi connectivity index (χ4n) is 2.86. The molecule has 1 aliphatic heterocycles. The molecule has 0 saturated carbocycles. The molecule has 2 rings (SSSR count). The molecule has 0 radical (unpaired) electrons. The zero-order valence-corrected chi connectivity index (χ0v) is 12.2. The predicted molar refractivity (Wildman–Crippen MR) is 76.2 cm³/mol. The van der Waals surface area contributed by atoms with Crippen LogP contribution in [0.1, 0.15) is 30.9 Å². The minimum Gasteiger partial charge on any atom is -0.393 e. The molecule has 5 nitrogen and oxygen atoms in total. The first-order chi connectivity index (χ1) is 10.2. The molecule has 0 aliphatic carbocycles. The van der Waals surface area contributed by atoms with E-state index in [-0.39, 0.29) is 12.1 Å². The highest BCUT2D eigenvalue weighted by Gasteiger charge is 2.36. The molecule has 1 aliphatic rings. The Morgan fingerprint density at radius 2 is 2.14 bits per heavy atom. The number of halogens is 3. The standard InChI is InChI=1S/C14H18F3N3O2/c1-9-3-2-4-19(7-9)8-10-5-11(14(15,16)17)13(18)12(6-10)20(21)22/h5-6,9H,2-4,7-8,18H2,1H3/t9-/m0/s1. The van der Waals surface area contributed by atoms with E-state index in [1.54, 1.807) is 0 Å². The van der Waals surface area contributed by atoms with Crippen molar-refractivity contribution in [1.29, 1.82) is 0 Å². The summed E-state index contributed by atoms with van der Waals surface area (Å²) in [5.74, 6) is 0.472. The Hall–Kier alpha value is -1.83. The quantitative estimate of drug-likeness (QED) is 0.526. The second kappa shape index (κ2) is 6.12. The topological polar surface area (TPSA) is 72.4 Å². The molecule has 2 N–H and O–H groups in total. The molecule has 0 unspecified atom stereocenters. The van der Waals surface area contributed by atoms with Crippen molar-refractivity contribution in [3.63, 3.8) is 0 Å². The number of nitrogens with zero attached hydrogens (tertiary/aromatic N) is 2. The first-order valence-corrected chi connectivity index (χ1v) is 7.05. The number of nitro groups is 1. The number of nitro benzene ring substituents is 1. The molecule has 122 valence electrons. The van der Waals surface area contributed by atoms with Crippen LogP contribution in [0.15, 0.2) is 12.1 Å². The third-order valence-electron chi connectivity index (χ3n) is 3.87. The van der Waals surface area contributed by atoms with Crippen LogP contribution < -0.4 is 5.73 Å². The molecule has 1 fully saturated rings. The summed E-state index contributed by atoms with van der Waals surface area (Å²) < 4.78 is 39.0. The van der Waals surface area contributed by atoms with Gasteiger partial charge in [0.2, 0.25) is 0 Å². The van der Waals surface area contributed by atoms with Gasteiger partial charge in [-0.1, -0.05) is 6.92 Å². The zero-order chi connectivity index (χ0) is 16.5. The average Bonchev–Trinajstić information content (AvgIpc) is 2.39. The maximum Gasteiger partial charge on any atom is 0.418 e. The summed E-state index contributed by atoms with van der Waals surface area (Å²) in [5, 5.41) is 10.9. The van der Waals surface area contributed by atoms with Crippen LogP contribution in [-0.4, -0.2) is 22.9 Å². The number of hydrogen-bond donors (Lipinski definition) is 1. The van der Waals surface area contributed by atoms with Gasteiger partial charge in [0.05, 0.1) is 10.5 Å². The summed E-state index contributed by atoms with van der Waals surface area (Å²) in [6.07, 6.45) is -2.64. The largest absolute Gasteiger partial charge is 0.418 e. The van der Waals surface area contributed by atoms with Crippen molar-refractivity contribution in [2.24, 2.45) is 5.92 Å². The van der Waals surface area contributed by atoms with Gasteiger partial charge in [0.25, 0.3) is 5.69 Å². The highest BCUT2D eigenvalue weighted by atomic mass is 19.4. The van der Waals surface area contributed by atoms with Crippen molar-refractivity contribution in [3.8, 4) is 0 Å². The van der Waals surface area contributed by atoms with Gasteiger partial charge >= 0.3 is 6.18 Å². The van der Waals surface area contributed by atoms with E-state index in [1.807, 2.05) is 4.90 Å². The van der Waals surface area contributed by atoms with Crippen molar-refractivity contribution in [3.05, 3.63) is 33.4 Å². The smallest absolute Gasteiger partial charge is 0.393 e. The van der Waals surface area contributed by atoms with E-state index in [0.29, 0.717) is 5.92 Å². The second-order valence-electron chi connectivity index (χ2n) is 5.81. The van der Waals surface area contributed by atoms with Crippen molar-refractivity contribution in [2.45, 2.75) is 32.5 Å². The minimum atomic E-state index is -4.71. The summed E-state index contributed by atoms with van der Waals surface area (Å²) in [4.78, 5) is 12.1. The minimum absolute atomic E-state index is 0.258. The van der Waals surface area contributed by atoms with Crippen LogP contribution in [0.25, 0.3) is 0 Å². The molecule has 8 heteroatoms. The monoisotopic (exact) mass is 317 g/mol. The van der Waals surface area contributed by atoms with Gasteiger partial charge in [0.1, 0.15) is 5.69 Å². The maximum absolute atomic E-state index is 13.0. The van der Waals surface area contributed by atoms with Crippen LogP contribution >= 0.6 is 0 Å². The summed E-state index contributed by atoms with van der Waals surface area (Å²) in [5.41, 5.74) is 2.94. The van der Waals surface area contributed by atoms with E-state index >= 15 is 0 Å². The number of hydrogen-bond acceptors (Lipinski definition) is 4. The van der Waals surface area contributed by atoms with Crippen molar-refractivity contribution >= 4 is 11.4 Å². The number of nitrogens with two attached hydrogens (primary N) is 1. The lowest BCUT2D eigenvalue weighted by molar-refractivity contribution is -0.384. The van der Waals surface area contributed by atoms with Crippen LogP contribution in [0.2, 0.25) is 0 Å². The van der Waals surface area contributed by atoms with E-state index in [2.05, 4.69) is 6.92 Å². The summed E-state index contributed by atoms with van der Waals surface area (Å²) in [7, 11) is 0. The lowest BCUT2D eigenvalue weighted by atomic mass is 9.99. The Labute approximate surface area is 126 Å². The van der Waals surface area contributed by atoms with Gasteiger partial charge in [-0.3, -0.25) is 15.0 Å². The average molecular weight is 317 g/mol. The second-order valence-corrected chi connectivity index (χ2v) is 5.81. The number of benzene rings is 1. The first-order valence-electron chi connectivity index (χ1n) is 7.05. The van der Waals surface area contributed by atoms with Crippen LogP contribution in [-0.2, 0) is 12.7 Å². The Morgan fingerprint density at radius 3 is 2.68 bits per heavy atom. The van der Waals surface area contributed by atoms with Crippen LogP contribution in [0.4, 0.5) is 24.5 Å². The van der Waals surface area contributed by atoms with Gasteiger partial charge in [-0.05, 0) is 36.9 Å². The number of piperidine rings is 1. The van der Waals surface area contributed by atoms with Crippen molar-refractivity contribution < 1.29 is 18.1 Å². The molecular weight excluding hydrogens is 299 g/mol.